The molecule has 0 spiro atoms. The Labute approximate surface area is 121 Å². The summed E-state index contributed by atoms with van der Waals surface area (Å²) in [5.41, 5.74) is 2.87. The van der Waals surface area contributed by atoms with E-state index in [1.54, 1.807) is 30.5 Å². The average Bonchev–Trinajstić information content (AvgIpc) is 2.91. The van der Waals surface area contributed by atoms with Gasteiger partial charge in [-0.2, -0.15) is 5.26 Å². The molecule has 0 unspecified atom stereocenters. The fourth-order valence-electron chi connectivity index (χ4n) is 2.18. The highest BCUT2D eigenvalue weighted by molar-refractivity contribution is 5.95. The van der Waals surface area contributed by atoms with Gasteiger partial charge in [-0.3, -0.25) is 4.79 Å². The Balaban J connectivity index is 1.73. The number of nitriles is 1. The topological polar surface area (TPSA) is 66.0 Å². The van der Waals surface area contributed by atoms with Crippen molar-refractivity contribution in [3.63, 3.8) is 0 Å². The van der Waals surface area contributed by atoms with Crippen molar-refractivity contribution in [1.82, 2.24) is 0 Å². The lowest BCUT2D eigenvalue weighted by atomic mass is 10.1. The Bertz CT molecular complexity index is 826. The lowest BCUT2D eigenvalue weighted by Crippen LogP contribution is -2.14. The molecule has 0 aliphatic carbocycles. The highest BCUT2D eigenvalue weighted by atomic mass is 16.3. The van der Waals surface area contributed by atoms with E-state index < -0.39 is 0 Å². The Morgan fingerprint density at radius 1 is 1.14 bits per heavy atom. The first-order chi connectivity index (χ1) is 10.3. The van der Waals surface area contributed by atoms with Crippen molar-refractivity contribution < 1.29 is 9.21 Å². The molecule has 1 amide bonds. The molecule has 0 saturated carbocycles. The predicted octanol–water partition coefficient (Wildman–Crippen LogP) is 3.49. The van der Waals surface area contributed by atoms with E-state index in [1.165, 1.54) is 0 Å². The molecule has 102 valence electrons. The molecule has 2 aromatic carbocycles. The van der Waals surface area contributed by atoms with Gasteiger partial charge in [0.2, 0.25) is 5.91 Å². The maximum Gasteiger partial charge on any atom is 0.228 e. The number of anilines is 1. The van der Waals surface area contributed by atoms with Crippen LogP contribution >= 0.6 is 0 Å². The van der Waals surface area contributed by atoms with Crippen LogP contribution in [0.15, 0.2) is 59.2 Å². The fourth-order valence-corrected chi connectivity index (χ4v) is 2.18. The fraction of sp³-hybridized carbons (Fsp3) is 0.0588. The molecule has 4 heteroatoms. The van der Waals surface area contributed by atoms with Crippen LogP contribution in [0.5, 0.6) is 0 Å². The predicted molar refractivity (Wildman–Crippen MR) is 79.7 cm³/mol. The van der Waals surface area contributed by atoms with Crippen molar-refractivity contribution in [2.24, 2.45) is 0 Å². The number of nitrogens with zero attached hydrogens (tertiary/aromatic N) is 1. The highest BCUT2D eigenvalue weighted by Gasteiger charge is 2.10. The maximum absolute atomic E-state index is 12.1. The van der Waals surface area contributed by atoms with Gasteiger partial charge in [-0.05, 0) is 30.3 Å². The summed E-state index contributed by atoms with van der Waals surface area (Å²) in [5, 5.41) is 12.5. The number of rotatable bonds is 3. The lowest BCUT2D eigenvalue weighted by molar-refractivity contribution is -0.115. The van der Waals surface area contributed by atoms with Crippen LogP contribution in [0.4, 0.5) is 5.69 Å². The SMILES string of the molecule is N#Cc1ccc(NC(=O)Cc2coc3ccccc23)cc1. The number of amides is 1. The number of hydrogen-bond donors (Lipinski definition) is 1. The Hall–Kier alpha value is -3.06. The molecule has 0 bridgehead atoms. The minimum absolute atomic E-state index is 0.119. The van der Waals surface area contributed by atoms with E-state index in [1.807, 2.05) is 30.3 Å². The Morgan fingerprint density at radius 2 is 1.90 bits per heavy atom. The molecule has 0 atom stereocenters. The summed E-state index contributed by atoms with van der Waals surface area (Å²) in [7, 11) is 0. The van der Waals surface area contributed by atoms with E-state index >= 15 is 0 Å². The van der Waals surface area contributed by atoms with Gasteiger partial charge in [0.25, 0.3) is 0 Å². The number of hydrogen-bond acceptors (Lipinski definition) is 3. The first-order valence-corrected chi connectivity index (χ1v) is 6.51. The Morgan fingerprint density at radius 3 is 2.67 bits per heavy atom. The minimum atomic E-state index is -0.119. The number of benzene rings is 2. The molecule has 0 aliphatic heterocycles. The van der Waals surface area contributed by atoms with Crippen molar-refractivity contribution in [3.8, 4) is 6.07 Å². The third-order valence-corrected chi connectivity index (χ3v) is 3.21. The van der Waals surface area contributed by atoms with Crippen LogP contribution in [0, 0.1) is 11.3 Å². The van der Waals surface area contributed by atoms with Crippen LogP contribution < -0.4 is 5.32 Å². The van der Waals surface area contributed by atoms with Crippen LogP contribution in [-0.4, -0.2) is 5.91 Å². The van der Waals surface area contributed by atoms with Gasteiger partial charge in [0.1, 0.15) is 5.58 Å². The summed E-state index contributed by atoms with van der Waals surface area (Å²) in [6.45, 7) is 0. The van der Waals surface area contributed by atoms with Crippen molar-refractivity contribution in [1.29, 1.82) is 5.26 Å². The summed E-state index contributed by atoms with van der Waals surface area (Å²) < 4.78 is 5.41. The molecular weight excluding hydrogens is 264 g/mol. The first-order valence-electron chi connectivity index (χ1n) is 6.51. The molecule has 1 N–H and O–H groups in total. The van der Waals surface area contributed by atoms with Crippen molar-refractivity contribution in [3.05, 3.63) is 65.9 Å². The van der Waals surface area contributed by atoms with Gasteiger partial charge >= 0.3 is 0 Å². The molecule has 1 heterocycles. The molecule has 0 saturated heterocycles. The number of nitrogens with one attached hydrogen (secondary N) is 1. The summed E-state index contributed by atoms with van der Waals surface area (Å²) >= 11 is 0. The molecule has 1 aromatic heterocycles. The van der Waals surface area contributed by atoms with E-state index in [2.05, 4.69) is 5.32 Å². The van der Waals surface area contributed by atoms with Gasteiger partial charge in [0.05, 0.1) is 24.3 Å². The zero-order valence-electron chi connectivity index (χ0n) is 11.2. The number of carbonyl (C=O) groups excluding carboxylic acids is 1. The number of para-hydroxylation sites is 1. The first kappa shape index (κ1) is 12.9. The van der Waals surface area contributed by atoms with Gasteiger partial charge in [0, 0.05) is 16.6 Å². The third-order valence-electron chi connectivity index (χ3n) is 3.21. The third kappa shape index (κ3) is 2.77. The Kier molecular flexibility index (Phi) is 3.40. The molecule has 0 fully saturated rings. The second-order valence-corrected chi connectivity index (χ2v) is 4.67. The normalized spacial score (nSPS) is 10.2. The van der Waals surface area contributed by atoms with E-state index in [0.717, 1.165) is 16.5 Å². The highest BCUT2D eigenvalue weighted by Crippen LogP contribution is 2.21. The molecular formula is C17H12N2O2. The molecule has 4 nitrogen and oxygen atoms in total. The average molecular weight is 276 g/mol. The zero-order valence-corrected chi connectivity index (χ0v) is 11.2. The zero-order chi connectivity index (χ0) is 14.7. The van der Waals surface area contributed by atoms with Crippen molar-refractivity contribution in [2.75, 3.05) is 5.32 Å². The summed E-state index contributed by atoms with van der Waals surface area (Å²) in [5.74, 6) is -0.119. The number of furan rings is 1. The second kappa shape index (κ2) is 5.51. The molecule has 3 rings (SSSR count). The molecule has 3 aromatic rings. The van der Waals surface area contributed by atoms with Crippen LogP contribution in [0.1, 0.15) is 11.1 Å². The van der Waals surface area contributed by atoms with E-state index in [4.69, 9.17) is 9.68 Å². The molecule has 0 aliphatic rings. The summed E-state index contributed by atoms with van der Waals surface area (Å²) in [4.78, 5) is 12.1. The largest absolute Gasteiger partial charge is 0.464 e. The number of carbonyl (C=O) groups is 1. The summed E-state index contributed by atoms with van der Waals surface area (Å²) in [6.07, 6.45) is 1.86. The van der Waals surface area contributed by atoms with Gasteiger partial charge in [0.15, 0.2) is 0 Å². The summed E-state index contributed by atoms with van der Waals surface area (Å²) in [6, 6.07) is 16.4. The van der Waals surface area contributed by atoms with Gasteiger partial charge in [-0.15, -0.1) is 0 Å². The van der Waals surface area contributed by atoms with E-state index in [0.29, 0.717) is 11.3 Å². The van der Waals surface area contributed by atoms with Crippen molar-refractivity contribution >= 4 is 22.6 Å². The minimum Gasteiger partial charge on any atom is -0.464 e. The van der Waals surface area contributed by atoms with Crippen LogP contribution in [-0.2, 0) is 11.2 Å². The van der Waals surface area contributed by atoms with Gasteiger partial charge in [-0.25, -0.2) is 0 Å². The number of fused-ring (bicyclic) bond motifs is 1. The second-order valence-electron chi connectivity index (χ2n) is 4.67. The smallest absolute Gasteiger partial charge is 0.228 e. The standard InChI is InChI=1S/C17H12N2O2/c18-10-12-5-7-14(8-6-12)19-17(20)9-13-11-21-16-4-2-1-3-15(13)16/h1-8,11H,9H2,(H,19,20). The van der Waals surface area contributed by atoms with Gasteiger partial charge < -0.3 is 9.73 Å². The van der Waals surface area contributed by atoms with Crippen LogP contribution in [0.25, 0.3) is 11.0 Å². The lowest BCUT2D eigenvalue weighted by Gasteiger charge is -2.04. The van der Waals surface area contributed by atoms with Crippen molar-refractivity contribution in [2.45, 2.75) is 6.42 Å². The van der Waals surface area contributed by atoms with E-state index in [-0.39, 0.29) is 12.3 Å². The van der Waals surface area contributed by atoms with Crippen LogP contribution in [0.2, 0.25) is 0 Å². The molecule has 21 heavy (non-hydrogen) atoms. The molecule has 0 radical (unpaired) electrons. The maximum atomic E-state index is 12.1. The monoisotopic (exact) mass is 276 g/mol. The van der Waals surface area contributed by atoms with E-state index in [9.17, 15) is 4.79 Å². The van der Waals surface area contributed by atoms with Crippen LogP contribution in [0.3, 0.4) is 0 Å². The van der Waals surface area contributed by atoms with Gasteiger partial charge in [-0.1, -0.05) is 18.2 Å². The quantitative estimate of drug-likeness (QED) is 0.796.